The molecule has 0 bridgehead atoms. The first-order valence-corrected chi connectivity index (χ1v) is 8.70. The largest absolute Gasteiger partial charge is 0.444 e. The monoisotopic (exact) mass is 370 g/mol. The maximum absolute atomic E-state index is 12.5. The molecule has 0 fully saturated rings. The molecular formula is C17H32N5O4. The minimum absolute atomic E-state index is 0.168. The van der Waals surface area contributed by atoms with Crippen molar-refractivity contribution >= 4 is 24.2 Å². The van der Waals surface area contributed by atoms with Crippen LogP contribution in [-0.2, 0) is 14.3 Å². The fraction of sp³-hybridized carbons (Fsp3) is 0.765. The molecule has 0 saturated carbocycles. The van der Waals surface area contributed by atoms with Gasteiger partial charge in [0.1, 0.15) is 11.6 Å². The Morgan fingerprint density at radius 2 is 1.85 bits per heavy atom. The Balaban J connectivity index is 4.87. The smallest absolute Gasteiger partial charge is 0.408 e. The van der Waals surface area contributed by atoms with Crippen LogP contribution in [0.1, 0.15) is 53.9 Å². The Hall–Kier alpha value is -2.32. The number of hydrogen-bond donors (Lipinski definition) is 5. The number of nitrogens with two attached hydrogens (primary N) is 1. The fourth-order valence-corrected chi connectivity index (χ4v) is 2.13. The van der Waals surface area contributed by atoms with Crippen LogP contribution in [0.2, 0.25) is 0 Å². The van der Waals surface area contributed by atoms with Crippen LogP contribution in [0.15, 0.2) is 0 Å². The molecule has 0 aromatic carbocycles. The molecule has 0 saturated heterocycles. The van der Waals surface area contributed by atoms with Crippen LogP contribution >= 0.6 is 0 Å². The highest BCUT2D eigenvalue weighted by molar-refractivity contribution is 5.87. The average molecular weight is 370 g/mol. The summed E-state index contributed by atoms with van der Waals surface area (Å²) in [5.74, 6) is -0.440. The number of carbonyl (C=O) groups is 2. The van der Waals surface area contributed by atoms with Crippen LogP contribution in [0.5, 0.6) is 0 Å². The quantitative estimate of drug-likeness (QED) is 0.218. The van der Waals surface area contributed by atoms with Crippen molar-refractivity contribution in [1.82, 2.24) is 16.0 Å². The summed E-state index contributed by atoms with van der Waals surface area (Å²) in [7, 11) is 0. The van der Waals surface area contributed by atoms with E-state index in [1.165, 1.54) is 0 Å². The number of alkyl carbamates (subject to hydrolysis) is 1. The minimum Gasteiger partial charge on any atom is -0.444 e. The highest BCUT2D eigenvalue weighted by Gasteiger charge is 2.26. The molecule has 0 aliphatic carbocycles. The average Bonchev–Trinajstić information content (AvgIpc) is 2.46. The lowest BCUT2D eigenvalue weighted by Gasteiger charge is -2.24. The first-order valence-electron chi connectivity index (χ1n) is 8.70. The zero-order chi connectivity index (χ0) is 20.3. The molecule has 2 atom stereocenters. The van der Waals surface area contributed by atoms with E-state index in [4.69, 9.17) is 15.9 Å². The van der Waals surface area contributed by atoms with Gasteiger partial charge in [0.25, 0.3) is 0 Å². The highest BCUT2D eigenvalue weighted by atomic mass is 16.6. The number of nitrogens with one attached hydrogen (secondary N) is 4. The first kappa shape index (κ1) is 23.7. The number of rotatable bonds is 10. The molecule has 0 heterocycles. The van der Waals surface area contributed by atoms with Crippen molar-refractivity contribution in [1.29, 1.82) is 5.41 Å². The van der Waals surface area contributed by atoms with Crippen LogP contribution in [0.4, 0.5) is 4.79 Å². The normalized spacial score (nSPS) is 13.5. The Kier molecular flexibility index (Phi) is 10.3. The van der Waals surface area contributed by atoms with Crippen molar-refractivity contribution in [3.05, 3.63) is 0 Å². The molecule has 9 nitrogen and oxygen atoms in total. The van der Waals surface area contributed by atoms with Gasteiger partial charge in [0.2, 0.25) is 12.2 Å². The maximum Gasteiger partial charge on any atom is 0.408 e. The summed E-state index contributed by atoms with van der Waals surface area (Å²) in [5, 5.41) is 14.9. The Bertz CT molecular complexity index is 488. The van der Waals surface area contributed by atoms with Gasteiger partial charge < -0.3 is 26.4 Å². The third-order valence-electron chi connectivity index (χ3n) is 3.16. The summed E-state index contributed by atoms with van der Waals surface area (Å²) in [6.45, 7) is 9.40. The van der Waals surface area contributed by atoms with Gasteiger partial charge in [0.05, 0.1) is 6.04 Å². The molecule has 9 heteroatoms. The van der Waals surface area contributed by atoms with E-state index < -0.39 is 29.7 Å². The Morgan fingerprint density at radius 1 is 1.23 bits per heavy atom. The maximum atomic E-state index is 12.5. The van der Waals surface area contributed by atoms with E-state index in [0.717, 1.165) is 0 Å². The molecule has 149 valence electrons. The number of amides is 2. The molecule has 0 rings (SSSR count). The second kappa shape index (κ2) is 11.3. The van der Waals surface area contributed by atoms with E-state index in [1.807, 2.05) is 20.1 Å². The molecule has 0 aliphatic heterocycles. The molecule has 0 aromatic heterocycles. The number of ether oxygens (including phenoxy) is 1. The van der Waals surface area contributed by atoms with Crippen molar-refractivity contribution in [2.45, 2.75) is 71.6 Å². The van der Waals surface area contributed by atoms with Gasteiger partial charge >= 0.3 is 6.09 Å². The molecule has 0 aromatic rings. The van der Waals surface area contributed by atoms with Crippen LogP contribution < -0.4 is 21.7 Å². The third-order valence-corrected chi connectivity index (χ3v) is 3.16. The second-order valence-corrected chi connectivity index (χ2v) is 7.49. The van der Waals surface area contributed by atoms with Gasteiger partial charge in [-0.1, -0.05) is 13.8 Å². The van der Waals surface area contributed by atoms with Gasteiger partial charge in [-0.2, -0.15) is 0 Å². The van der Waals surface area contributed by atoms with E-state index in [2.05, 4.69) is 16.0 Å². The lowest BCUT2D eigenvalue weighted by molar-refractivity contribution is -0.123. The van der Waals surface area contributed by atoms with Crippen molar-refractivity contribution < 1.29 is 19.1 Å². The van der Waals surface area contributed by atoms with Gasteiger partial charge in [-0.25, -0.2) is 4.79 Å². The number of carbonyl (C=O) groups excluding carboxylic acids is 3. The van der Waals surface area contributed by atoms with E-state index in [0.29, 0.717) is 25.8 Å². The summed E-state index contributed by atoms with van der Waals surface area (Å²) >= 11 is 0. The van der Waals surface area contributed by atoms with Crippen LogP contribution in [-0.4, -0.2) is 48.5 Å². The predicted octanol–water partition coefficient (Wildman–Crippen LogP) is 0.784. The van der Waals surface area contributed by atoms with Gasteiger partial charge in [-0.3, -0.25) is 15.0 Å². The highest BCUT2D eigenvalue weighted by Crippen LogP contribution is 2.08. The number of hydrogen-bond acceptors (Lipinski definition) is 5. The SMILES string of the molecule is CC(C)C[C@H]([C]=O)NC(=O)[C@@H](CCCNC(=N)N)NC(=O)OC(C)(C)C. The summed E-state index contributed by atoms with van der Waals surface area (Å²) in [5.41, 5.74) is 4.51. The third kappa shape index (κ3) is 12.1. The molecule has 26 heavy (non-hydrogen) atoms. The lowest BCUT2D eigenvalue weighted by Crippen LogP contribution is -2.51. The molecule has 1 radical (unpaired) electrons. The second-order valence-electron chi connectivity index (χ2n) is 7.49. The zero-order valence-corrected chi connectivity index (χ0v) is 16.3. The summed E-state index contributed by atoms with van der Waals surface area (Å²) in [4.78, 5) is 35.5. The Labute approximate surface area is 155 Å². The van der Waals surface area contributed by atoms with Crippen LogP contribution in [0.3, 0.4) is 0 Å². The van der Waals surface area contributed by atoms with Crippen molar-refractivity contribution in [3.8, 4) is 0 Å². The van der Waals surface area contributed by atoms with E-state index >= 15 is 0 Å². The summed E-state index contributed by atoms with van der Waals surface area (Å²) < 4.78 is 5.18. The van der Waals surface area contributed by atoms with E-state index in [-0.39, 0.29) is 11.9 Å². The van der Waals surface area contributed by atoms with Gasteiger partial charge in [-0.05, 0) is 46.0 Å². The first-order chi connectivity index (χ1) is 11.9. The minimum atomic E-state index is -0.873. The fourth-order valence-electron chi connectivity index (χ4n) is 2.13. The number of guanidine groups is 1. The van der Waals surface area contributed by atoms with Crippen molar-refractivity contribution in [3.63, 3.8) is 0 Å². The molecule has 6 N–H and O–H groups in total. The van der Waals surface area contributed by atoms with Gasteiger partial charge in [-0.15, -0.1) is 0 Å². The molecule has 0 spiro atoms. The standard InChI is InChI=1S/C17H32N5O4/c1-11(2)9-12(10-23)21-14(24)13(7-6-8-20-15(18)19)22-16(25)26-17(3,4)5/h11-13H,6-9H2,1-5H3,(H,21,24)(H,22,25)(H4,18,19,20)/t12-,13-/m1/s1. The Morgan fingerprint density at radius 3 is 2.31 bits per heavy atom. The van der Waals surface area contributed by atoms with E-state index in [1.54, 1.807) is 20.8 Å². The molecular weight excluding hydrogens is 338 g/mol. The molecule has 0 aliphatic rings. The van der Waals surface area contributed by atoms with Gasteiger partial charge in [0, 0.05) is 6.54 Å². The molecule has 0 unspecified atom stereocenters. The zero-order valence-electron chi connectivity index (χ0n) is 16.3. The van der Waals surface area contributed by atoms with Crippen LogP contribution in [0.25, 0.3) is 0 Å². The summed E-state index contributed by atoms with van der Waals surface area (Å²) in [6.07, 6.45) is 2.32. The molecule has 2 amide bonds. The van der Waals surface area contributed by atoms with Gasteiger partial charge in [0.15, 0.2) is 5.96 Å². The van der Waals surface area contributed by atoms with Crippen LogP contribution in [0, 0.1) is 11.3 Å². The van der Waals surface area contributed by atoms with E-state index in [9.17, 15) is 14.4 Å². The van der Waals surface area contributed by atoms with Crippen molar-refractivity contribution in [2.75, 3.05) is 6.54 Å². The topological polar surface area (TPSA) is 146 Å². The predicted molar refractivity (Wildman–Crippen MR) is 99.4 cm³/mol. The summed E-state index contributed by atoms with van der Waals surface area (Å²) in [6, 6.07) is -1.61. The van der Waals surface area contributed by atoms with Crippen molar-refractivity contribution in [2.24, 2.45) is 11.7 Å². The lowest BCUT2D eigenvalue weighted by atomic mass is 10.0.